The molecule has 2 rings (SSSR count). The van der Waals surface area contributed by atoms with Crippen molar-refractivity contribution in [2.45, 2.75) is 62.9 Å². The van der Waals surface area contributed by atoms with Gasteiger partial charge in [-0.25, -0.2) is 0 Å². The summed E-state index contributed by atoms with van der Waals surface area (Å²) in [5, 5.41) is 48.4. The van der Waals surface area contributed by atoms with Crippen LogP contribution in [0.15, 0.2) is 0 Å². The van der Waals surface area contributed by atoms with Crippen LogP contribution < -0.4 is 0 Å². The van der Waals surface area contributed by atoms with E-state index >= 15 is 0 Å². The van der Waals surface area contributed by atoms with Crippen LogP contribution in [0.4, 0.5) is 0 Å². The highest BCUT2D eigenvalue weighted by Crippen LogP contribution is 2.31. The van der Waals surface area contributed by atoms with Crippen molar-refractivity contribution in [3.8, 4) is 0 Å². The third-order valence-electron chi connectivity index (χ3n) is 4.34. The highest BCUT2D eigenvalue weighted by atomic mass is 16.7. The minimum absolute atomic E-state index is 0.261. The van der Waals surface area contributed by atoms with Crippen LogP contribution in [0.3, 0.4) is 0 Å². The Morgan fingerprint density at radius 3 is 2.05 bits per heavy atom. The standard InChI is InChI=1S/C13H24O8/c1-5-6(2)19-13(11(18)9(5)16)21-12-8(4-15)20-7(3-14)10(12)17/h5-18H,3-4H2,1-2H3/t5-,6?,7-,8?,9?,10?,11?,12-,13+/m1/s1. The third kappa shape index (κ3) is 3.22. The summed E-state index contributed by atoms with van der Waals surface area (Å²) in [6, 6.07) is 0. The highest BCUT2D eigenvalue weighted by Gasteiger charge is 2.48. The van der Waals surface area contributed by atoms with Crippen molar-refractivity contribution in [1.29, 1.82) is 0 Å². The number of aliphatic hydroxyl groups excluding tert-OH is 5. The minimum atomic E-state index is -1.27. The van der Waals surface area contributed by atoms with E-state index in [2.05, 4.69) is 0 Å². The summed E-state index contributed by atoms with van der Waals surface area (Å²) in [6.45, 7) is 2.68. The number of aliphatic hydroxyl groups is 5. The molecule has 0 aromatic heterocycles. The summed E-state index contributed by atoms with van der Waals surface area (Å²) in [5.41, 5.74) is 0. The number of hydrogen-bond acceptors (Lipinski definition) is 8. The Hall–Kier alpha value is -0.320. The van der Waals surface area contributed by atoms with Crippen molar-refractivity contribution in [1.82, 2.24) is 0 Å². The maximum absolute atomic E-state index is 10.0. The Bertz CT molecular complexity index is 338. The molecule has 0 saturated carbocycles. The lowest BCUT2D eigenvalue weighted by molar-refractivity contribution is -0.301. The molecule has 2 saturated heterocycles. The van der Waals surface area contributed by atoms with Gasteiger partial charge in [-0.15, -0.1) is 0 Å². The fourth-order valence-corrected chi connectivity index (χ4v) is 2.71. The molecule has 9 atom stereocenters. The predicted molar refractivity (Wildman–Crippen MR) is 69.2 cm³/mol. The molecule has 2 aliphatic rings. The highest BCUT2D eigenvalue weighted by molar-refractivity contribution is 4.93. The molecule has 0 radical (unpaired) electrons. The van der Waals surface area contributed by atoms with Crippen LogP contribution in [0.5, 0.6) is 0 Å². The predicted octanol–water partition coefficient (Wildman–Crippen LogP) is -2.41. The van der Waals surface area contributed by atoms with Gasteiger partial charge in [-0.05, 0) is 6.92 Å². The summed E-state index contributed by atoms with van der Waals surface area (Å²) in [4.78, 5) is 0. The molecule has 2 heterocycles. The van der Waals surface area contributed by atoms with E-state index in [9.17, 15) is 20.4 Å². The van der Waals surface area contributed by atoms with Crippen molar-refractivity contribution >= 4 is 0 Å². The molecule has 0 amide bonds. The van der Waals surface area contributed by atoms with Crippen LogP contribution >= 0.6 is 0 Å². The summed E-state index contributed by atoms with van der Waals surface area (Å²) in [7, 11) is 0. The maximum atomic E-state index is 10.0. The molecule has 0 spiro atoms. The fraction of sp³-hybridized carbons (Fsp3) is 1.00. The summed E-state index contributed by atoms with van der Waals surface area (Å²) in [5.74, 6) is -0.261. The van der Waals surface area contributed by atoms with Gasteiger partial charge in [-0.1, -0.05) is 6.92 Å². The smallest absolute Gasteiger partial charge is 0.186 e. The van der Waals surface area contributed by atoms with Crippen molar-refractivity contribution in [3.05, 3.63) is 0 Å². The second-order valence-corrected chi connectivity index (χ2v) is 5.72. The first kappa shape index (κ1) is 17.0. The Morgan fingerprint density at radius 1 is 0.857 bits per heavy atom. The van der Waals surface area contributed by atoms with Crippen LogP contribution in [-0.2, 0) is 14.2 Å². The van der Waals surface area contributed by atoms with E-state index in [0.717, 1.165) is 0 Å². The molecule has 0 aromatic carbocycles. The van der Waals surface area contributed by atoms with Crippen LogP contribution in [0.2, 0.25) is 0 Å². The molecule has 21 heavy (non-hydrogen) atoms. The van der Waals surface area contributed by atoms with E-state index < -0.39 is 56.1 Å². The Morgan fingerprint density at radius 2 is 1.48 bits per heavy atom. The van der Waals surface area contributed by atoms with Gasteiger partial charge >= 0.3 is 0 Å². The zero-order valence-corrected chi connectivity index (χ0v) is 12.1. The molecule has 8 nitrogen and oxygen atoms in total. The lowest BCUT2D eigenvalue weighted by Gasteiger charge is -2.41. The first-order valence-electron chi connectivity index (χ1n) is 7.13. The number of ether oxygens (including phenoxy) is 3. The summed E-state index contributed by atoms with van der Waals surface area (Å²) in [6.07, 6.45) is -7.58. The monoisotopic (exact) mass is 308 g/mol. The molecule has 2 aliphatic heterocycles. The molecule has 5 unspecified atom stereocenters. The van der Waals surface area contributed by atoms with E-state index in [1.165, 1.54) is 0 Å². The molecular weight excluding hydrogens is 284 g/mol. The SMILES string of the molecule is CC1O[C@@H](O[C@@H]2C(CO)O[C@H](CO)C2O)C(O)C(O)[C@@H]1C. The number of hydrogen-bond donors (Lipinski definition) is 5. The normalized spacial score (nSPS) is 51.3. The van der Waals surface area contributed by atoms with Gasteiger partial charge in [0.2, 0.25) is 0 Å². The van der Waals surface area contributed by atoms with Crippen molar-refractivity contribution in [2.75, 3.05) is 13.2 Å². The van der Waals surface area contributed by atoms with Gasteiger partial charge in [0.15, 0.2) is 6.29 Å². The van der Waals surface area contributed by atoms with E-state index in [1.807, 2.05) is 0 Å². The molecular formula is C13H24O8. The fourth-order valence-electron chi connectivity index (χ4n) is 2.71. The molecule has 8 heteroatoms. The van der Waals surface area contributed by atoms with Gasteiger partial charge in [0.25, 0.3) is 0 Å². The van der Waals surface area contributed by atoms with E-state index in [1.54, 1.807) is 13.8 Å². The molecule has 0 aromatic rings. The van der Waals surface area contributed by atoms with E-state index in [0.29, 0.717) is 0 Å². The van der Waals surface area contributed by atoms with Gasteiger partial charge in [-0.3, -0.25) is 0 Å². The quantitative estimate of drug-likeness (QED) is 0.388. The Balaban J connectivity index is 2.05. The average Bonchev–Trinajstić information content (AvgIpc) is 2.78. The maximum Gasteiger partial charge on any atom is 0.186 e. The van der Waals surface area contributed by atoms with Crippen molar-refractivity contribution in [3.63, 3.8) is 0 Å². The number of rotatable bonds is 4. The average molecular weight is 308 g/mol. The van der Waals surface area contributed by atoms with Crippen molar-refractivity contribution < 1.29 is 39.7 Å². The van der Waals surface area contributed by atoms with Crippen LogP contribution in [0, 0.1) is 5.92 Å². The Kier molecular flexibility index (Phi) is 5.55. The molecule has 5 N–H and O–H groups in total. The van der Waals surface area contributed by atoms with Crippen LogP contribution in [0.1, 0.15) is 13.8 Å². The zero-order chi connectivity index (χ0) is 15.7. The first-order chi connectivity index (χ1) is 9.90. The first-order valence-corrected chi connectivity index (χ1v) is 7.13. The van der Waals surface area contributed by atoms with Gasteiger partial charge in [0, 0.05) is 5.92 Å². The van der Waals surface area contributed by atoms with Gasteiger partial charge in [0.05, 0.1) is 25.4 Å². The molecule has 0 bridgehead atoms. The lowest BCUT2D eigenvalue weighted by atomic mass is 9.91. The summed E-state index contributed by atoms with van der Waals surface area (Å²) >= 11 is 0. The Labute approximate surface area is 122 Å². The second-order valence-electron chi connectivity index (χ2n) is 5.72. The van der Waals surface area contributed by atoms with Crippen LogP contribution in [0.25, 0.3) is 0 Å². The molecule has 124 valence electrons. The lowest BCUT2D eigenvalue weighted by Crippen LogP contribution is -2.56. The second kappa shape index (κ2) is 6.84. The molecule has 2 fully saturated rings. The topological polar surface area (TPSA) is 129 Å². The van der Waals surface area contributed by atoms with Gasteiger partial charge in [0.1, 0.15) is 30.5 Å². The van der Waals surface area contributed by atoms with E-state index in [4.69, 9.17) is 19.3 Å². The third-order valence-corrected chi connectivity index (χ3v) is 4.34. The van der Waals surface area contributed by atoms with Crippen molar-refractivity contribution in [2.24, 2.45) is 5.92 Å². The van der Waals surface area contributed by atoms with Crippen LogP contribution in [-0.4, -0.2) is 87.8 Å². The minimum Gasteiger partial charge on any atom is -0.394 e. The zero-order valence-electron chi connectivity index (χ0n) is 12.1. The van der Waals surface area contributed by atoms with E-state index in [-0.39, 0.29) is 12.0 Å². The largest absolute Gasteiger partial charge is 0.394 e. The van der Waals surface area contributed by atoms with Gasteiger partial charge in [-0.2, -0.15) is 0 Å². The van der Waals surface area contributed by atoms with Gasteiger partial charge < -0.3 is 39.7 Å². The molecule has 0 aliphatic carbocycles. The summed E-state index contributed by atoms with van der Waals surface area (Å²) < 4.78 is 16.3.